The maximum Gasteiger partial charge on any atom is 0.335 e. The number of Topliss-reactive ketones (excluding diaryl/α,β-unsaturated/α-hetero) is 1. The lowest BCUT2D eigenvalue weighted by Crippen LogP contribution is -2.88. The molecule has 0 aromatic heterocycles. The summed E-state index contributed by atoms with van der Waals surface area (Å²) in [7, 11) is 0. The molecule has 0 heterocycles. The summed E-state index contributed by atoms with van der Waals surface area (Å²) in [5.74, 6) is -1.07. The van der Waals surface area contributed by atoms with Gasteiger partial charge in [-0.1, -0.05) is 29.8 Å². The van der Waals surface area contributed by atoms with Gasteiger partial charge in [0.05, 0.1) is 11.0 Å². The van der Waals surface area contributed by atoms with Gasteiger partial charge in [0, 0.05) is 5.02 Å². The maximum atomic E-state index is 12.6. The van der Waals surface area contributed by atoms with Crippen LogP contribution in [0.15, 0.2) is 24.3 Å². The Bertz CT molecular complexity index is 632. The average molecular weight is 310 g/mol. The number of benzene rings is 1. The molecule has 4 unspecified atom stereocenters. The highest BCUT2D eigenvalue weighted by Gasteiger charge is 2.78. The summed E-state index contributed by atoms with van der Waals surface area (Å²) in [5.41, 5.74) is 5.23. The smallest absolute Gasteiger partial charge is 0.335 e. The fourth-order valence-electron chi connectivity index (χ4n) is 3.45. The Morgan fingerprint density at radius 3 is 2.62 bits per heavy atom. The van der Waals surface area contributed by atoms with Crippen molar-refractivity contribution in [3.63, 3.8) is 0 Å². The van der Waals surface area contributed by atoms with Crippen LogP contribution in [0.25, 0.3) is 0 Å². The Hall–Kier alpha value is -1.43. The molecule has 2 aliphatic rings. The Labute approximate surface area is 127 Å². The van der Waals surface area contributed by atoms with Crippen LogP contribution >= 0.6 is 11.6 Å². The molecule has 2 aliphatic carbocycles. The zero-order valence-corrected chi connectivity index (χ0v) is 12.3. The van der Waals surface area contributed by atoms with Crippen molar-refractivity contribution in [2.75, 3.05) is 0 Å². The van der Waals surface area contributed by atoms with E-state index < -0.39 is 29.1 Å². The molecule has 1 aromatic rings. The van der Waals surface area contributed by atoms with Crippen LogP contribution in [0.5, 0.6) is 0 Å². The minimum atomic E-state index is -1.28. The Balaban J connectivity index is 1.93. The third-order valence-corrected chi connectivity index (χ3v) is 5.07. The molecule has 2 saturated carbocycles. The predicted octanol–water partition coefficient (Wildman–Crippen LogP) is 0.944. The number of aliphatic hydroxyl groups is 1. The first kappa shape index (κ1) is 14.5. The summed E-state index contributed by atoms with van der Waals surface area (Å²) in [6.45, 7) is 1.29. The quantitative estimate of drug-likeness (QED) is 0.811. The van der Waals surface area contributed by atoms with E-state index in [1.807, 2.05) is 0 Å². The monoisotopic (exact) mass is 309 g/mol. The van der Waals surface area contributed by atoms with Crippen LogP contribution in [-0.2, 0) is 19.7 Å². The number of fused-ring (bicyclic) bond motifs is 1. The van der Waals surface area contributed by atoms with Gasteiger partial charge in [-0.15, -0.1) is 0 Å². The van der Waals surface area contributed by atoms with Crippen molar-refractivity contribution >= 4 is 23.4 Å². The molecule has 112 valence electrons. The van der Waals surface area contributed by atoms with E-state index in [0.717, 1.165) is 0 Å². The molecule has 0 spiro atoms. The zero-order chi connectivity index (χ0) is 15.4. The number of carbonyl (C=O) groups excluding carboxylic acids is 2. The minimum absolute atomic E-state index is 0.238. The number of ketones is 1. The molecule has 3 rings (SSSR count). The fourth-order valence-corrected chi connectivity index (χ4v) is 3.75. The first-order chi connectivity index (χ1) is 9.84. The van der Waals surface area contributed by atoms with E-state index >= 15 is 0 Å². The van der Waals surface area contributed by atoms with E-state index in [9.17, 15) is 14.7 Å². The van der Waals surface area contributed by atoms with Crippen molar-refractivity contribution in [2.24, 2.45) is 5.73 Å². The van der Waals surface area contributed by atoms with Crippen LogP contribution in [0.1, 0.15) is 25.3 Å². The maximum absolute atomic E-state index is 12.6. The lowest BCUT2D eigenvalue weighted by molar-refractivity contribution is -0.199. The van der Waals surface area contributed by atoms with Crippen molar-refractivity contribution in [3.8, 4) is 0 Å². The largest absolute Gasteiger partial charge is 0.450 e. The summed E-state index contributed by atoms with van der Waals surface area (Å²) in [6, 6.07) is 7.09. The standard InChI is InChI=1S/C15H16ClNO4/c1-8(18)13(20)21-12-11(19)14(6-7-15(12,14)17)9-4-2-3-5-10(9)16/h2-5,8,12,18H,6-7,17H2,1H3. The van der Waals surface area contributed by atoms with Gasteiger partial charge in [-0.25, -0.2) is 4.79 Å². The lowest BCUT2D eigenvalue weighted by atomic mass is 9.38. The Kier molecular flexibility index (Phi) is 3.13. The van der Waals surface area contributed by atoms with E-state index in [0.29, 0.717) is 23.4 Å². The number of hydrogen-bond donors (Lipinski definition) is 2. The van der Waals surface area contributed by atoms with Crippen molar-refractivity contribution in [1.82, 2.24) is 0 Å². The summed E-state index contributed by atoms with van der Waals surface area (Å²) in [4.78, 5) is 24.1. The van der Waals surface area contributed by atoms with Crippen molar-refractivity contribution in [2.45, 2.75) is 42.9 Å². The molecule has 1 aromatic carbocycles. The molecule has 21 heavy (non-hydrogen) atoms. The highest BCUT2D eigenvalue weighted by molar-refractivity contribution is 6.32. The van der Waals surface area contributed by atoms with Crippen molar-refractivity contribution < 1.29 is 19.4 Å². The van der Waals surface area contributed by atoms with Crippen LogP contribution in [0.4, 0.5) is 0 Å². The molecular formula is C15H16ClNO4. The highest BCUT2D eigenvalue weighted by Crippen LogP contribution is 2.63. The van der Waals surface area contributed by atoms with Crippen LogP contribution < -0.4 is 5.73 Å². The SMILES string of the molecule is CC(O)C(=O)OC1C(=O)C2(c3ccccc3Cl)CCC12N. The van der Waals surface area contributed by atoms with Crippen LogP contribution in [0.2, 0.25) is 5.02 Å². The topological polar surface area (TPSA) is 89.6 Å². The molecule has 0 amide bonds. The second kappa shape index (κ2) is 4.53. The van der Waals surface area contributed by atoms with E-state index in [4.69, 9.17) is 22.1 Å². The molecule has 4 atom stereocenters. The molecule has 0 radical (unpaired) electrons. The van der Waals surface area contributed by atoms with Crippen LogP contribution in [0.3, 0.4) is 0 Å². The lowest BCUT2D eigenvalue weighted by Gasteiger charge is -2.67. The Morgan fingerprint density at radius 2 is 2.14 bits per heavy atom. The summed E-state index contributed by atoms with van der Waals surface area (Å²) >= 11 is 6.20. The van der Waals surface area contributed by atoms with E-state index in [1.165, 1.54) is 6.92 Å². The molecule has 0 aliphatic heterocycles. The van der Waals surface area contributed by atoms with Crippen molar-refractivity contribution in [1.29, 1.82) is 0 Å². The minimum Gasteiger partial charge on any atom is -0.450 e. The molecule has 0 saturated heterocycles. The predicted molar refractivity (Wildman–Crippen MR) is 75.9 cm³/mol. The number of esters is 1. The molecule has 6 heteroatoms. The fraction of sp³-hybridized carbons (Fsp3) is 0.467. The van der Waals surface area contributed by atoms with Crippen LogP contribution in [0, 0.1) is 0 Å². The van der Waals surface area contributed by atoms with Gasteiger partial charge in [-0.2, -0.15) is 0 Å². The first-order valence-electron chi connectivity index (χ1n) is 6.81. The van der Waals surface area contributed by atoms with E-state index in [2.05, 4.69) is 0 Å². The number of rotatable bonds is 3. The zero-order valence-electron chi connectivity index (χ0n) is 11.5. The van der Waals surface area contributed by atoms with Gasteiger partial charge >= 0.3 is 5.97 Å². The number of halogens is 1. The van der Waals surface area contributed by atoms with Gasteiger partial charge in [-0.05, 0) is 31.4 Å². The molecule has 3 N–H and O–H groups in total. The number of hydrogen-bond acceptors (Lipinski definition) is 5. The average Bonchev–Trinajstić information content (AvgIpc) is 2.44. The third kappa shape index (κ3) is 1.65. The number of carbonyl (C=O) groups is 2. The van der Waals surface area contributed by atoms with Gasteiger partial charge in [0.15, 0.2) is 11.9 Å². The molecule has 5 nitrogen and oxygen atoms in total. The first-order valence-corrected chi connectivity index (χ1v) is 7.19. The van der Waals surface area contributed by atoms with E-state index in [-0.39, 0.29) is 5.78 Å². The molecular weight excluding hydrogens is 294 g/mol. The van der Waals surface area contributed by atoms with Crippen LogP contribution in [-0.4, -0.2) is 34.6 Å². The number of nitrogens with two attached hydrogens (primary N) is 1. The third-order valence-electron chi connectivity index (χ3n) is 4.74. The van der Waals surface area contributed by atoms with Gasteiger partial charge in [0.25, 0.3) is 0 Å². The second-order valence-electron chi connectivity index (χ2n) is 5.78. The normalized spacial score (nSPS) is 35.2. The molecule has 0 bridgehead atoms. The van der Waals surface area contributed by atoms with E-state index in [1.54, 1.807) is 24.3 Å². The van der Waals surface area contributed by atoms with Crippen molar-refractivity contribution in [3.05, 3.63) is 34.9 Å². The second-order valence-corrected chi connectivity index (χ2v) is 6.19. The van der Waals surface area contributed by atoms with Gasteiger partial charge < -0.3 is 15.6 Å². The van der Waals surface area contributed by atoms with Gasteiger partial charge in [-0.3, -0.25) is 4.79 Å². The number of aliphatic hydroxyl groups excluding tert-OH is 1. The van der Waals surface area contributed by atoms with Gasteiger partial charge in [0.2, 0.25) is 0 Å². The number of ether oxygens (including phenoxy) is 1. The van der Waals surface area contributed by atoms with Gasteiger partial charge in [0.1, 0.15) is 6.10 Å². The highest BCUT2D eigenvalue weighted by atomic mass is 35.5. The molecule has 2 fully saturated rings. The summed E-state index contributed by atoms with van der Waals surface area (Å²) in [5, 5.41) is 9.69. The summed E-state index contributed by atoms with van der Waals surface area (Å²) < 4.78 is 5.08. The summed E-state index contributed by atoms with van der Waals surface area (Å²) in [6.07, 6.45) is -1.13. The Morgan fingerprint density at radius 1 is 1.48 bits per heavy atom.